The molecule has 0 radical (unpaired) electrons. The van der Waals surface area contributed by atoms with Gasteiger partial charge in [-0.2, -0.15) is 0 Å². The van der Waals surface area contributed by atoms with Gasteiger partial charge in [0, 0.05) is 11.0 Å². The summed E-state index contributed by atoms with van der Waals surface area (Å²) in [5.41, 5.74) is 1.79. The molecular weight excluding hydrogens is 324 g/mol. The lowest BCUT2D eigenvalue weighted by Crippen LogP contribution is -2.00. The summed E-state index contributed by atoms with van der Waals surface area (Å²) >= 11 is 1.68. The minimum Gasteiger partial charge on any atom is -0.493 e. The predicted molar refractivity (Wildman–Crippen MR) is 96.6 cm³/mol. The van der Waals surface area contributed by atoms with Crippen molar-refractivity contribution in [3.05, 3.63) is 59.7 Å². The maximum absolute atomic E-state index is 11.8. The van der Waals surface area contributed by atoms with E-state index in [1.807, 2.05) is 36.6 Å². The van der Waals surface area contributed by atoms with Crippen molar-refractivity contribution in [2.75, 3.05) is 20.5 Å². The molecule has 0 amide bonds. The van der Waals surface area contributed by atoms with Gasteiger partial charge in [-0.3, -0.25) is 0 Å². The molecule has 0 saturated heterocycles. The van der Waals surface area contributed by atoms with Crippen molar-refractivity contribution in [1.82, 2.24) is 0 Å². The van der Waals surface area contributed by atoms with Crippen molar-refractivity contribution in [2.45, 2.75) is 11.5 Å². The van der Waals surface area contributed by atoms with Gasteiger partial charge in [-0.1, -0.05) is 18.2 Å². The summed E-state index contributed by atoms with van der Waals surface area (Å²) in [4.78, 5) is 13.0. The van der Waals surface area contributed by atoms with Crippen LogP contribution in [0.2, 0.25) is 0 Å². The van der Waals surface area contributed by atoms with Gasteiger partial charge < -0.3 is 14.2 Å². The topological polar surface area (TPSA) is 44.8 Å². The molecule has 0 spiro atoms. The standard InChI is InChI=1S/C19H20O4S/c1-21-17-10-6-14(12-18(17)22-2)7-11-19(20)23-13-15-4-8-16(24-3)9-5-15/h4-12H,13H2,1-3H3/b11-7+. The van der Waals surface area contributed by atoms with Crippen LogP contribution in [0.15, 0.2) is 53.4 Å². The van der Waals surface area contributed by atoms with Crippen molar-refractivity contribution in [3.8, 4) is 11.5 Å². The zero-order valence-corrected chi connectivity index (χ0v) is 14.8. The van der Waals surface area contributed by atoms with Gasteiger partial charge in [-0.15, -0.1) is 11.8 Å². The highest BCUT2D eigenvalue weighted by molar-refractivity contribution is 7.98. The quantitative estimate of drug-likeness (QED) is 0.428. The number of ether oxygens (including phenoxy) is 3. The minimum atomic E-state index is -0.390. The summed E-state index contributed by atoms with van der Waals surface area (Å²) < 4.78 is 15.6. The molecule has 126 valence electrons. The summed E-state index contributed by atoms with van der Waals surface area (Å²) in [7, 11) is 3.15. The number of hydrogen-bond donors (Lipinski definition) is 0. The molecule has 0 aliphatic carbocycles. The first-order chi connectivity index (χ1) is 11.7. The number of esters is 1. The van der Waals surface area contributed by atoms with Crippen LogP contribution in [-0.4, -0.2) is 26.4 Å². The Hall–Kier alpha value is -2.40. The van der Waals surface area contributed by atoms with E-state index in [-0.39, 0.29) is 6.61 Å². The number of hydrogen-bond acceptors (Lipinski definition) is 5. The average molecular weight is 344 g/mol. The van der Waals surface area contributed by atoms with Gasteiger partial charge in [0.2, 0.25) is 0 Å². The first kappa shape index (κ1) is 17.9. The van der Waals surface area contributed by atoms with Gasteiger partial charge in [0.25, 0.3) is 0 Å². The molecule has 2 aromatic rings. The number of carbonyl (C=O) groups is 1. The second-order valence-electron chi connectivity index (χ2n) is 4.90. The van der Waals surface area contributed by atoms with Crippen LogP contribution in [0.4, 0.5) is 0 Å². The summed E-state index contributed by atoms with van der Waals surface area (Å²) in [6.07, 6.45) is 5.10. The lowest BCUT2D eigenvalue weighted by atomic mass is 10.2. The second-order valence-corrected chi connectivity index (χ2v) is 5.78. The molecule has 0 aliphatic rings. The third kappa shape index (κ3) is 5.06. The van der Waals surface area contributed by atoms with Crippen LogP contribution >= 0.6 is 11.8 Å². The van der Waals surface area contributed by atoms with Crippen LogP contribution in [0.5, 0.6) is 11.5 Å². The van der Waals surface area contributed by atoms with Gasteiger partial charge >= 0.3 is 5.97 Å². The van der Waals surface area contributed by atoms with Crippen molar-refractivity contribution in [1.29, 1.82) is 0 Å². The Labute approximate surface area is 146 Å². The third-order valence-corrected chi connectivity index (χ3v) is 4.10. The molecule has 0 saturated carbocycles. The molecular formula is C19H20O4S. The minimum absolute atomic E-state index is 0.254. The zero-order chi connectivity index (χ0) is 17.4. The van der Waals surface area contributed by atoms with Gasteiger partial charge in [0.15, 0.2) is 11.5 Å². The molecule has 0 aliphatic heterocycles. The average Bonchev–Trinajstić information content (AvgIpc) is 2.64. The Morgan fingerprint density at radius 2 is 1.75 bits per heavy atom. The number of thioether (sulfide) groups is 1. The molecule has 4 nitrogen and oxygen atoms in total. The predicted octanol–water partition coefficient (Wildman–Crippen LogP) is 4.18. The van der Waals surface area contributed by atoms with E-state index in [1.165, 1.54) is 11.0 Å². The summed E-state index contributed by atoms with van der Waals surface area (Å²) in [5.74, 6) is 0.867. The fourth-order valence-corrected chi connectivity index (χ4v) is 2.45. The normalized spacial score (nSPS) is 10.6. The molecule has 0 heterocycles. The number of rotatable bonds is 7. The van der Waals surface area contributed by atoms with Crippen LogP contribution in [0.3, 0.4) is 0 Å². The van der Waals surface area contributed by atoms with E-state index >= 15 is 0 Å². The van der Waals surface area contributed by atoms with Crippen molar-refractivity contribution < 1.29 is 19.0 Å². The fourth-order valence-electron chi connectivity index (χ4n) is 2.05. The molecule has 2 aromatic carbocycles. The molecule has 0 N–H and O–H groups in total. The van der Waals surface area contributed by atoms with E-state index in [4.69, 9.17) is 14.2 Å². The smallest absolute Gasteiger partial charge is 0.331 e. The number of benzene rings is 2. The fraction of sp³-hybridized carbons (Fsp3) is 0.211. The van der Waals surface area contributed by atoms with E-state index < -0.39 is 5.97 Å². The molecule has 2 rings (SSSR count). The molecule has 0 bridgehead atoms. The van der Waals surface area contributed by atoms with Crippen LogP contribution in [0, 0.1) is 0 Å². The van der Waals surface area contributed by atoms with Gasteiger partial charge in [0.05, 0.1) is 14.2 Å². The highest BCUT2D eigenvalue weighted by Gasteiger charge is 2.04. The first-order valence-electron chi connectivity index (χ1n) is 7.36. The van der Waals surface area contributed by atoms with Gasteiger partial charge in [-0.05, 0) is 47.7 Å². The maximum Gasteiger partial charge on any atom is 0.331 e. The van der Waals surface area contributed by atoms with Crippen molar-refractivity contribution in [2.24, 2.45) is 0 Å². The Morgan fingerprint density at radius 1 is 1.04 bits per heavy atom. The molecule has 0 aromatic heterocycles. The maximum atomic E-state index is 11.8. The Balaban J connectivity index is 1.92. The Morgan fingerprint density at radius 3 is 2.38 bits per heavy atom. The monoisotopic (exact) mass is 344 g/mol. The lowest BCUT2D eigenvalue weighted by molar-refractivity contribution is -0.138. The largest absolute Gasteiger partial charge is 0.493 e. The van der Waals surface area contributed by atoms with Gasteiger partial charge in [-0.25, -0.2) is 4.79 Å². The van der Waals surface area contributed by atoms with Crippen LogP contribution < -0.4 is 9.47 Å². The van der Waals surface area contributed by atoms with Crippen LogP contribution in [-0.2, 0) is 16.1 Å². The van der Waals surface area contributed by atoms with E-state index in [1.54, 1.807) is 44.2 Å². The Bertz CT molecular complexity index is 708. The number of methoxy groups -OCH3 is 2. The Kier molecular flexibility index (Phi) is 6.75. The summed E-state index contributed by atoms with van der Waals surface area (Å²) in [6, 6.07) is 13.3. The van der Waals surface area contributed by atoms with E-state index in [0.29, 0.717) is 11.5 Å². The first-order valence-corrected chi connectivity index (χ1v) is 8.58. The SMILES string of the molecule is COc1ccc(/C=C/C(=O)OCc2ccc(SC)cc2)cc1OC. The molecule has 24 heavy (non-hydrogen) atoms. The second kappa shape index (κ2) is 9.03. The van der Waals surface area contributed by atoms with Crippen molar-refractivity contribution in [3.63, 3.8) is 0 Å². The molecule has 0 fully saturated rings. The summed E-state index contributed by atoms with van der Waals surface area (Å²) in [6.45, 7) is 0.254. The highest BCUT2D eigenvalue weighted by Crippen LogP contribution is 2.27. The zero-order valence-electron chi connectivity index (χ0n) is 13.9. The molecule has 0 unspecified atom stereocenters. The third-order valence-electron chi connectivity index (χ3n) is 3.36. The molecule has 0 atom stereocenters. The van der Waals surface area contributed by atoms with E-state index in [9.17, 15) is 4.79 Å². The van der Waals surface area contributed by atoms with Crippen LogP contribution in [0.1, 0.15) is 11.1 Å². The van der Waals surface area contributed by atoms with E-state index in [2.05, 4.69) is 0 Å². The molecule has 5 heteroatoms. The van der Waals surface area contributed by atoms with Gasteiger partial charge in [0.1, 0.15) is 6.61 Å². The number of carbonyl (C=O) groups excluding carboxylic acids is 1. The van der Waals surface area contributed by atoms with Crippen LogP contribution in [0.25, 0.3) is 6.08 Å². The van der Waals surface area contributed by atoms with E-state index in [0.717, 1.165) is 11.1 Å². The van der Waals surface area contributed by atoms with Crippen molar-refractivity contribution >= 4 is 23.8 Å². The lowest BCUT2D eigenvalue weighted by Gasteiger charge is -2.07. The highest BCUT2D eigenvalue weighted by atomic mass is 32.2. The summed E-state index contributed by atoms with van der Waals surface area (Å²) in [5, 5.41) is 0.